The molecule has 1 N–H and O–H groups in total. The molecule has 118 valence electrons. The molecule has 0 saturated heterocycles. The molecule has 0 fully saturated rings. The van der Waals surface area contributed by atoms with Crippen LogP contribution in [0.1, 0.15) is 45.6 Å². The highest BCUT2D eigenvalue weighted by atomic mass is 16.5. The van der Waals surface area contributed by atoms with Gasteiger partial charge in [-0.25, -0.2) is 4.79 Å². The quantitative estimate of drug-likeness (QED) is 0.748. The minimum Gasteiger partial charge on any atom is -0.491 e. The molecule has 0 amide bonds. The van der Waals surface area contributed by atoms with E-state index < -0.39 is 5.54 Å². The highest BCUT2D eigenvalue weighted by Crippen LogP contribution is 2.29. The lowest BCUT2D eigenvalue weighted by Gasteiger charge is -2.28. The first kappa shape index (κ1) is 17.5. The van der Waals surface area contributed by atoms with Gasteiger partial charge in [0.05, 0.1) is 7.11 Å². The summed E-state index contributed by atoms with van der Waals surface area (Å²) in [5, 5.41) is 3.14. The molecule has 1 aromatic rings. The number of hydrogen-bond acceptors (Lipinski definition) is 4. The molecule has 0 aliphatic heterocycles. The fraction of sp³-hybridized carbons (Fsp3) is 0.588. The molecule has 0 aromatic heterocycles. The van der Waals surface area contributed by atoms with Crippen LogP contribution in [-0.2, 0) is 9.53 Å². The van der Waals surface area contributed by atoms with Crippen LogP contribution in [-0.4, -0.2) is 31.8 Å². The standard InChI is InChI=1S/C17H27NO3/c1-6-13(3)14-10-8-9-11-15(14)21-12-17(4,18-7-2)16(19)20-5/h8-11,13,18H,6-7,12H2,1-5H3. The van der Waals surface area contributed by atoms with Crippen LogP contribution in [0.3, 0.4) is 0 Å². The number of rotatable bonds is 8. The molecule has 0 aliphatic carbocycles. The van der Waals surface area contributed by atoms with Gasteiger partial charge in [-0.05, 0) is 37.4 Å². The molecule has 2 atom stereocenters. The van der Waals surface area contributed by atoms with Gasteiger partial charge < -0.3 is 9.47 Å². The smallest absolute Gasteiger partial charge is 0.329 e. The summed E-state index contributed by atoms with van der Waals surface area (Å²) in [5.74, 6) is 0.940. The molecule has 4 heteroatoms. The predicted octanol–water partition coefficient (Wildman–Crippen LogP) is 3.12. The van der Waals surface area contributed by atoms with E-state index in [0.717, 1.165) is 12.2 Å². The number of carbonyl (C=O) groups excluding carboxylic acids is 1. The molecule has 0 spiro atoms. The largest absolute Gasteiger partial charge is 0.491 e. The van der Waals surface area contributed by atoms with Gasteiger partial charge in [-0.15, -0.1) is 0 Å². The molecular formula is C17H27NO3. The fourth-order valence-electron chi connectivity index (χ4n) is 2.26. The Bertz CT molecular complexity index is 461. The Labute approximate surface area is 127 Å². The zero-order chi connectivity index (χ0) is 15.9. The maximum Gasteiger partial charge on any atom is 0.329 e. The number of hydrogen-bond donors (Lipinski definition) is 1. The van der Waals surface area contributed by atoms with E-state index in [9.17, 15) is 4.79 Å². The molecule has 0 aliphatic rings. The lowest BCUT2D eigenvalue weighted by molar-refractivity contribution is -0.149. The maximum absolute atomic E-state index is 12.0. The molecule has 0 saturated carbocycles. The number of benzene rings is 1. The normalized spacial score (nSPS) is 15.1. The molecule has 0 bridgehead atoms. The van der Waals surface area contributed by atoms with E-state index >= 15 is 0 Å². The number of methoxy groups -OCH3 is 1. The van der Waals surface area contributed by atoms with E-state index in [2.05, 4.69) is 25.2 Å². The predicted molar refractivity (Wildman–Crippen MR) is 84.7 cm³/mol. The van der Waals surface area contributed by atoms with Crippen molar-refractivity contribution < 1.29 is 14.3 Å². The van der Waals surface area contributed by atoms with E-state index in [1.54, 1.807) is 6.92 Å². The molecule has 2 unspecified atom stereocenters. The third kappa shape index (κ3) is 4.46. The van der Waals surface area contributed by atoms with Gasteiger partial charge in [0.1, 0.15) is 17.9 Å². The number of likely N-dealkylation sites (N-methyl/N-ethyl adjacent to an activating group) is 1. The van der Waals surface area contributed by atoms with Crippen molar-refractivity contribution in [3.63, 3.8) is 0 Å². The van der Waals surface area contributed by atoms with Gasteiger partial charge >= 0.3 is 5.97 Å². The summed E-state index contributed by atoms with van der Waals surface area (Å²) in [7, 11) is 1.39. The summed E-state index contributed by atoms with van der Waals surface area (Å²) in [5.41, 5.74) is 0.329. The van der Waals surface area contributed by atoms with Crippen LogP contribution < -0.4 is 10.1 Å². The van der Waals surface area contributed by atoms with Crippen LogP contribution in [0.25, 0.3) is 0 Å². The first-order valence-corrected chi connectivity index (χ1v) is 7.53. The Kier molecular flexibility index (Phi) is 6.69. The van der Waals surface area contributed by atoms with Crippen molar-refractivity contribution >= 4 is 5.97 Å². The van der Waals surface area contributed by atoms with E-state index in [1.165, 1.54) is 12.7 Å². The molecular weight excluding hydrogens is 266 g/mol. The van der Waals surface area contributed by atoms with Gasteiger partial charge in [0.2, 0.25) is 0 Å². The monoisotopic (exact) mass is 293 g/mol. The molecule has 1 aromatic carbocycles. The van der Waals surface area contributed by atoms with Crippen molar-refractivity contribution in [1.29, 1.82) is 0 Å². The summed E-state index contributed by atoms with van der Waals surface area (Å²) in [6.07, 6.45) is 1.04. The van der Waals surface area contributed by atoms with Crippen LogP contribution in [0, 0.1) is 0 Å². The number of para-hydroxylation sites is 1. The highest BCUT2D eigenvalue weighted by Gasteiger charge is 2.34. The summed E-state index contributed by atoms with van der Waals surface area (Å²) in [4.78, 5) is 12.0. The number of nitrogens with one attached hydrogen (secondary N) is 1. The second-order valence-corrected chi connectivity index (χ2v) is 5.49. The van der Waals surface area contributed by atoms with Gasteiger partial charge in [-0.1, -0.05) is 39.0 Å². The van der Waals surface area contributed by atoms with E-state index in [0.29, 0.717) is 12.5 Å². The van der Waals surface area contributed by atoms with Gasteiger partial charge in [-0.2, -0.15) is 0 Å². The van der Waals surface area contributed by atoms with E-state index in [1.807, 2.05) is 25.1 Å². The summed E-state index contributed by atoms with van der Waals surface area (Å²) in [6, 6.07) is 7.99. The van der Waals surface area contributed by atoms with Crippen molar-refractivity contribution in [2.75, 3.05) is 20.3 Å². The number of ether oxygens (including phenoxy) is 2. The third-order valence-corrected chi connectivity index (χ3v) is 3.78. The van der Waals surface area contributed by atoms with Gasteiger partial charge in [0.25, 0.3) is 0 Å². The van der Waals surface area contributed by atoms with Crippen molar-refractivity contribution in [3.8, 4) is 5.75 Å². The van der Waals surface area contributed by atoms with E-state index in [4.69, 9.17) is 9.47 Å². The van der Waals surface area contributed by atoms with Crippen molar-refractivity contribution in [2.24, 2.45) is 0 Å². The van der Waals surface area contributed by atoms with Crippen LogP contribution in [0.5, 0.6) is 5.75 Å². The van der Waals surface area contributed by atoms with Crippen molar-refractivity contribution in [3.05, 3.63) is 29.8 Å². The Morgan fingerprint density at radius 3 is 2.57 bits per heavy atom. The first-order chi connectivity index (χ1) is 9.98. The van der Waals surface area contributed by atoms with E-state index in [-0.39, 0.29) is 12.6 Å². The summed E-state index contributed by atoms with van der Waals surface area (Å²) in [6.45, 7) is 8.98. The van der Waals surface area contributed by atoms with Gasteiger partial charge in [-0.3, -0.25) is 5.32 Å². The molecule has 4 nitrogen and oxygen atoms in total. The average molecular weight is 293 g/mol. The Morgan fingerprint density at radius 2 is 2.00 bits per heavy atom. The number of carbonyl (C=O) groups is 1. The third-order valence-electron chi connectivity index (χ3n) is 3.78. The minimum absolute atomic E-state index is 0.237. The van der Waals surface area contributed by atoms with Crippen LogP contribution in [0.15, 0.2) is 24.3 Å². The Hall–Kier alpha value is -1.55. The zero-order valence-corrected chi connectivity index (χ0v) is 13.7. The Morgan fingerprint density at radius 1 is 1.33 bits per heavy atom. The molecule has 0 radical (unpaired) electrons. The lowest BCUT2D eigenvalue weighted by Crippen LogP contribution is -2.54. The fourth-order valence-corrected chi connectivity index (χ4v) is 2.26. The summed E-state index contributed by atoms with van der Waals surface area (Å²) < 4.78 is 10.8. The second kappa shape index (κ2) is 8.03. The maximum atomic E-state index is 12.0. The van der Waals surface area contributed by atoms with Gasteiger partial charge in [0.15, 0.2) is 0 Å². The van der Waals surface area contributed by atoms with Crippen molar-refractivity contribution in [2.45, 2.75) is 45.6 Å². The van der Waals surface area contributed by atoms with Crippen LogP contribution >= 0.6 is 0 Å². The average Bonchev–Trinajstić information content (AvgIpc) is 2.51. The molecule has 1 rings (SSSR count). The minimum atomic E-state index is -0.841. The molecule has 0 heterocycles. The number of esters is 1. The van der Waals surface area contributed by atoms with Crippen LogP contribution in [0.4, 0.5) is 0 Å². The van der Waals surface area contributed by atoms with Gasteiger partial charge in [0, 0.05) is 0 Å². The highest BCUT2D eigenvalue weighted by molar-refractivity contribution is 5.80. The first-order valence-electron chi connectivity index (χ1n) is 7.53. The second-order valence-electron chi connectivity index (χ2n) is 5.49. The topological polar surface area (TPSA) is 47.6 Å². The van der Waals surface area contributed by atoms with Crippen molar-refractivity contribution in [1.82, 2.24) is 5.32 Å². The SMILES string of the molecule is CCNC(C)(COc1ccccc1C(C)CC)C(=O)OC. The Balaban J connectivity index is 2.88. The molecule has 21 heavy (non-hydrogen) atoms. The summed E-state index contributed by atoms with van der Waals surface area (Å²) >= 11 is 0. The lowest BCUT2D eigenvalue weighted by atomic mass is 9.97. The zero-order valence-electron chi connectivity index (χ0n) is 13.7. The van der Waals surface area contributed by atoms with Crippen LogP contribution in [0.2, 0.25) is 0 Å².